The van der Waals surface area contributed by atoms with Crippen molar-refractivity contribution in [1.82, 2.24) is 10.6 Å². The Morgan fingerprint density at radius 2 is 2.13 bits per heavy atom. The van der Waals surface area contributed by atoms with E-state index in [1.54, 1.807) is 0 Å². The second-order valence-corrected chi connectivity index (χ2v) is 6.89. The third kappa shape index (κ3) is 5.65. The van der Waals surface area contributed by atoms with Gasteiger partial charge in [0.2, 0.25) is 0 Å². The number of guanidine groups is 1. The van der Waals surface area contributed by atoms with E-state index in [-0.39, 0.29) is 6.04 Å². The Hall–Kier alpha value is -1.36. The molecule has 1 aliphatic rings. The third-order valence-electron chi connectivity index (χ3n) is 4.10. The molecule has 0 amide bonds. The molecule has 0 spiro atoms. The van der Waals surface area contributed by atoms with Crippen LogP contribution >= 0.6 is 11.8 Å². The number of anilines is 1. The van der Waals surface area contributed by atoms with Crippen LogP contribution in [0.15, 0.2) is 29.3 Å². The van der Waals surface area contributed by atoms with Crippen molar-refractivity contribution in [3.05, 3.63) is 29.8 Å². The first-order chi connectivity index (χ1) is 11.2. The summed E-state index contributed by atoms with van der Waals surface area (Å²) < 4.78 is 0. The highest BCUT2D eigenvalue weighted by molar-refractivity contribution is 7.98. The molecule has 0 radical (unpaired) electrons. The van der Waals surface area contributed by atoms with Crippen molar-refractivity contribution < 1.29 is 0 Å². The average Bonchev–Trinajstić information content (AvgIpc) is 3.10. The van der Waals surface area contributed by atoms with Gasteiger partial charge in [-0.05, 0) is 50.6 Å². The van der Waals surface area contributed by atoms with E-state index in [2.05, 4.69) is 64.9 Å². The number of hydrogen-bond acceptors (Lipinski definition) is 3. The summed E-state index contributed by atoms with van der Waals surface area (Å²) in [4.78, 5) is 7.11. The van der Waals surface area contributed by atoms with Gasteiger partial charge in [0.1, 0.15) is 0 Å². The largest absolute Gasteiger partial charge is 0.372 e. The van der Waals surface area contributed by atoms with Gasteiger partial charge >= 0.3 is 0 Å². The van der Waals surface area contributed by atoms with Crippen molar-refractivity contribution in [2.24, 2.45) is 4.99 Å². The standard InChI is InChI=1S/C18H30N4S/c1-4-19-18(20-10-13-23-3)21-15(2)16-8-7-9-17(14-16)22-11-5-6-12-22/h7-9,14-15H,4-6,10-13H2,1-3H3,(H2,19,20,21). The normalized spacial score (nSPS) is 16.5. The lowest BCUT2D eigenvalue weighted by Gasteiger charge is -2.22. The van der Waals surface area contributed by atoms with Crippen LogP contribution < -0.4 is 15.5 Å². The Morgan fingerprint density at radius 3 is 2.83 bits per heavy atom. The zero-order chi connectivity index (χ0) is 16.5. The van der Waals surface area contributed by atoms with Crippen LogP contribution in [0.2, 0.25) is 0 Å². The van der Waals surface area contributed by atoms with Crippen LogP contribution in [0.1, 0.15) is 38.3 Å². The van der Waals surface area contributed by atoms with Gasteiger partial charge in [-0.1, -0.05) is 12.1 Å². The molecule has 0 bridgehead atoms. The minimum absolute atomic E-state index is 0.240. The average molecular weight is 335 g/mol. The van der Waals surface area contributed by atoms with Gasteiger partial charge in [0.05, 0.1) is 12.6 Å². The number of benzene rings is 1. The fourth-order valence-corrected chi connectivity index (χ4v) is 3.10. The Bertz CT molecular complexity index is 498. The predicted octanol–water partition coefficient (Wildman–Crippen LogP) is 3.27. The lowest BCUT2D eigenvalue weighted by atomic mass is 10.1. The second-order valence-electron chi connectivity index (χ2n) is 5.91. The van der Waals surface area contributed by atoms with E-state index in [4.69, 9.17) is 0 Å². The van der Waals surface area contributed by atoms with E-state index >= 15 is 0 Å². The highest BCUT2D eigenvalue weighted by Gasteiger charge is 2.14. The van der Waals surface area contributed by atoms with Gasteiger partial charge in [0.25, 0.3) is 0 Å². The number of aliphatic imine (C=N–C) groups is 1. The Labute approximate surface area is 145 Å². The Balaban J connectivity index is 2.01. The van der Waals surface area contributed by atoms with E-state index in [9.17, 15) is 0 Å². The van der Waals surface area contributed by atoms with Crippen LogP contribution in [-0.2, 0) is 0 Å². The van der Waals surface area contributed by atoms with Crippen molar-refractivity contribution >= 4 is 23.4 Å². The lowest BCUT2D eigenvalue weighted by molar-refractivity contribution is 0.687. The number of rotatable bonds is 7. The summed E-state index contributed by atoms with van der Waals surface area (Å²) in [5.41, 5.74) is 2.66. The van der Waals surface area contributed by atoms with E-state index in [0.717, 1.165) is 24.8 Å². The van der Waals surface area contributed by atoms with Crippen LogP contribution in [0.5, 0.6) is 0 Å². The number of nitrogens with zero attached hydrogens (tertiary/aromatic N) is 2. The Morgan fingerprint density at radius 1 is 1.35 bits per heavy atom. The smallest absolute Gasteiger partial charge is 0.191 e. The molecule has 23 heavy (non-hydrogen) atoms. The predicted molar refractivity (Wildman–Crippen MR) is 104 cm³/mol. The highest BCUT2D eigenvalue weighted by atomic mass is 32.2. The van der Waals surface area contributed by atoms with Crippen molar-refractivity contribution in [3.63, 3.8) is 0 Å². The fourth-order valence-electron chi connectivity index (χ4n) is 2.82. The number of nitrogens with one attached hydrogen (secondary N) is 2. The summed E-state index contributed by atoms with van der Waals surface area (Å²) in [6.07, 6.45) is 4.73. The topological polar surface area (TPSA) is 39.7 Å². The molecule has 0 aliphatic carbocycles. The van der Waals surface area contributed by atoms with Gasteiger partial charge in [-0.15, -0.1) is 0 Å². The van der Waals surface area contributed by atoms with E-state index in [0.29, 0.717) is 0 Å². The SMILES string of the molecule is CCNC(=NCCSC)NC(C)c1cccc(N2CCCC2)c1. The first-order valence-electron chi connectivity index (χ1n) is 8.63. The quantitative estimate of drug-likeness (QED) is 0.456. The fraction of sp³-hybridized carbons (Fsp3) is 0.611. The molecular formula is C18H30N4S. The number of hydrogen-bond donors (Lipinski definition) is 2. The Kier molecular flexibility index (Phi) is 7.59. The minimum Gasteiger partial charge on any atom is -0.372 e. The molecule has 1 aromatic rings. The molecule has 2 rings (SSSR count). The van der Waals surface area contributed by atoms with Crippen LogP contribution in [0, 0.1) is 0 Å². The van der Waals surface area contributed by atoms with Crippen molar-refractivity contribution in [2.75, 3.05) is 43.1 Å². The van der Waals surface area contributed by atoms with E-state index in [1.165, 1.54) is 37.2 Å². The molecule has 5 heteroatoms. The van der Waals surface area contributed by atoms with Crippen LogP contribution in [-0.4, -0.2) is 44.1 Å². The van der Waals surface area contributed by atoms with Crippen molar-refractivity contribution in [1.29, 1.82) is 0 Å². The molecule has 4 nitrogen and oxygen atoms in total. The maximum atomic E-state index is 4.63. The van der Waals surface area contributed by atoms with E-state index < -0.39 is 0 Å². The highest BCUT2D eigenvalue weighted by Crippen LogP contribution is 2.23. The minimum atomic E-state index is 0.240. The molecule has 0 aromatic heterocycles. The molecular weight excluding hydrogens is 304 g/mol. The molecule has 1 fully saturated rings. The lowest BCUT2D eigenvalue weighted by Crippen LogP contribution is -2.39. The molecule has 1 aromatic carbocycles. The first-order valence-corrected chi connectivity index (χ1v) is 10.0. The summed E-state index contributed by atoms with van der Waals surface area (Å²) >= 11 is 1.82. The second kappa shape index (κ2) is 9.71. The van der Waals surface area contributed by atoms with Gasteiger partial charge in [0, 0.05) is 31.1 Å². The molecule has 1 atom stereocenters. The van der Waals surface area contributed by atoms with Crippen molar-refractivity contribution in [3.8, 4) is 0 Å². The van der Waals surface area contributed by atoms with Crippen LogP contribution in [0.3, 0.4) is 0 Å². The summed E-state index contributed by atoms with van der Waals surface area (Å²) in [6.45, 7) is 8.39. The summed E-state index contributed by atoms with van der Waals surface area (Å²) in [6, 6.07) is 9.14. The van der Waals surface area contributed by atoms with Gasteiger partial charge in [-0.2, -0.15) is 11.8 Å². The van der Waals surface area contributed by atoms with Gasteiger partial charge in [-0.25, -0.2) is 0 Å². The number of thioether (sulfide) groups is 1. The maximum absolute atomic E-state index is 4.63. The third-order valence-corrected chi connectivity index (χ3v) is 4.70. The molecule has 0 saturated carbocycles. The van der Waals surface area contributed by atoms with E-state index in [1.807, 2.05) is 11.8 Å². The van der Waals surface area contributed by atoms with Crippen LogP contribution in [0.4, 0.5) is 5.69 Å². The molecule has 128 valence electrons. The van der Waals surface area contributed by atoms with Gasteiger partial charge < -0.3 is 15.5 Å². The molecule has 1 unspecified atom stereocenters. The molecule has 1 aliphatic heterocycles. The first kappa shape index (κ1) is 18.0. The molecule has 1 heterocycles. The summed E-state index contributed by atoms with van der Waals surface area (Å²) in [5.74, 6) is 1.95. The monoisotopic (exact) mass is 334 g/mol. The maximum Gasteiger partial charge on any atom is 0.191 e. The molecule has 1 saturated heterocycles. The van der Waals surface area contributed by atoms with Crippen LogP contribution in [0.25, 0.3) is 0 Å². The van der Waals surface area contributed by atoms with Gasteiger partial charge in [-0.3, -0.25) is 4.99 Å². The summed E-state index contributed by atoms with van der Waals surface area (Å²) in [5, 5.41) is 6.85. The molecule has 2 N–H and O–H groups in total. The zero-order valence-corrected chi connectivity index (χ0v) is 15.5. The van der Waals surface area contributed by atoms with Gasteiger partial charge in [0.15, 0.2) is 5.96 Å². The summed E-state index contributed by atoms with van der Waals surface area (Å²) in [7, 11) is 0. The zero-order valence-electron chi connectivity index (χ0n) is 14.6. The van der Waals surface area contributed by atoms with Crippen molar-refractivity contribution in [2.45, 2.75) is 32.7 Å².